The van der Waals surface area contributed by atoms with Crippen LogP contribution >= 0.6 is 0 Å². The molecule has 2 nitrogen and oxygen atoms in total. The molecular formula is C20H15F2NO. The van der Waals surface area contributed by atoms with E-state index in [1.165, 1.54) is 6.07 Å². The van der Waals surface area contributed by atoms with Crippen molar-refractivity contribution in [3.8, 4) is 0 Å². The van der Waals surface area contributed by atoms with E-state index in [1.807, 2.05) is 48.5 Å². The third-order valence-corrected chi connectivity index (χ3v) is 3.66. The number of hydrogen-bond acceptors (Lipinski definition) is 1. The van der Waals surface area contributed by atoms with Gasteiger partial charge < -0.3 is 4.90 Å². The predicted molar refractivity (Wildman–Crippen MR) is 89.8 cm³/mol. The molecule has 3 aromatic rings. The fourth-order valence-electron chi connectivity index (χ4n) is 2.44. The third-order valence-electron chi connectivity index (χ3n) is 3.66. The highest BCUT2D eigenvalue weighted by atomic mass is 19.2. The van der Waals surface area contributed by atoms with Crippen LogP contribution in [0.5, 0.6) is 0 Å². The zero-order valence-corrected chi connectivity index (χ0v) is 12.8. The molecule has 24 heavy (non-hydrogen) atoms. The first-order chi connectivity index (χ1) is 11.6. The number of para-hydroxylation sites is 1. The second kappa shape index (κ2) is 7.04. The lowest BCUT2D eigenvalue weighted by Crippen LogP contribution is -2.30. The number of carbonyl (C=O) groups is 1. The van der Waals surface area contributed by atoms with Crippen molar-refractivity contribution >= 4 is 11.6 Å². The van der Waals surface area contributed by atoms with Gasteiger partial charge in [0.2, 0.25) is 0 Å². The van der Waals surface area contributed by atoms with Gasteiger partial charge in [0, 0.05) is 11.3 Å². The summed E-state index contributed by atoms with van der Waals surface area (Å²) in [6.07, 6.45) is 0. The van der Waals surface area contributed by atoms with Gasteiger partial charge in [-0.05, 0) is 35.9 Å². The molecule has 0 bridgehead atoms. The molecular weight excluding hydrogens is 308 g/mol. The van der Waals surface area contributed by atoms with E-state index in [-0.39, 0.29) is 11.5 Å². The number of nitrogens with zero attached hydrogens (tertiary/aromatic N) is 1. The Hall–Kier alpha value is -3.01. The lowest BCUT2D eigenvalue weighted by molar-refractivity contribution is 0.0984. The number of benzene rings is 3. The summed E-state index contributed by atoms with van der Waals surface area (Å²) in [6, 6.07) is 21.8. The molecule has 0 fully saturated rings. The lowest BCUT2D eigenvalue weighted by Gasteiger charge is -2.23. The average molecular weight is 323 g/mol. The smallest absolute Gasteiger partial charge is 0.258 e. The Morgan fingerprint density at radius 1 is 0.792 bits per heavy atom. The summed E-state index contributed by atoms with van der Waals surface area (Å²) in [4.78, 5) is 14.4. The van der Waals surface area contributed by atoms with E-state index in [1.54, 1.807) is 17.0 Å². The van der Waals surface area contributed by atoms with Crippen LogP contribution < -0.4 is 4.90 Å². The van der Waals surface area contributed by atoms with Gasteiger partial charge in [-0.1, -0.05) is 48.5 Å². The van der Waals surface area contributed by atoms with E-state index in [9.17, 15) is 13.6 Å². The Morgan fingerprint density at radius 3 is 2.04 bits per heavy atom. The van der Waals surface area contributed by atoms with Crippen LogP contribution in [-0.4, -0.2) is 5.91 Å². The summed E-state index contributed by atoms with van der Waals surface area (Å²) in [7, 11) is 0. The molecule has 0 aliphatic rings. The van der Waals surface area contributed by atoms with Gasteiger partial charge in [-0.3, -0.25) is 4.79 Å². The standard InChI is InChI=1S/C20H15F2NO/c21-18-12-11-16(13-19(18)22)20(24)23(17-9-5-2-6-10-17)14-15-7-3-1-4-8-15/h1-13H,14H2. The van der Waals surface area contributed by atoms with E-state index in [0.717, 1.165) is 17.7 Å². The normalized spacial score (nSPS) is 10.4. The van der Waals surface area contributed by atoms with Gasteiger partial charge in [0.15, 0.2) is 11.6 Å². The maximum atomic E-state index is 13.5. The molecule has 0 saturated heterocycles. The average Bonchev–Trinajstić information content (AvgIpc) is 2.63. The summed E-state index contributed by atoms with van der Waals surface area (Å²) >= 11 is 0. The van der Waals surface area contributed by atoms with Crippen molar-refractivity contribution in [3.05, 3.63) is 102 Å². The van der Waals surface area contributed by atoms with Gasteiger partial charge in [-0.2, -0.15) is 0 Å². The summed E-state index contributed by atoms with van der Waals surface area (Å²) in [6.45, 7) is 0.336. The number of amides is 1. The minimum Gasteiger partial charge on any atom is -0.304 e. The van der Waals surface area contributed by atoms with Crippen LogP contribution in [0.15, 0.2) is 78.9 Å². The Balaban J connectivity index is 1.97. The SMILES string of the molecule is O=C(c1ccc(F)c(F)c1)N(Cc1ccccc1)c1ccccc1. The van der Waals surface area contributed by atoms with Gasteiger partial charge in [0.1, 0.15) is 0 Å². The van der Waals surface area contributed by atoms with Crippen LogP contribution in [0.2, 0.25) is 0 Å². The molecule has 0 aliphatic heterocycles. The number of hydrogen-bond donors (Lipinski definition) is 0. The van der Waals surface area contributed by atoms with E-state index in [0.29, 0.717) is 12.2 Å². The number of halogens is 2. The fourth-order valence-corrected chi connectivity index (χ4v) is 2.44. The van der Waals surface area contributed by atoms with Crippen LogP contribution in [0.25, 0.3) is 0 Å². The molecule has 0 spiro atoms. The van der Waals surface area contributed by atoms with Gasteiger partial charge in [-0.25, -0.2) is 8.78 Å². The van der Waals surface area contributed by atoms with Crippen molar-refractivity contribution in [1.29, 1.82) is 0 Å². The third kappa shape index (κ3) is 3.49. The number of rotatable bonds is 4. The van der Waals surface area contributed by atoms with Crippen LogP contribution in [0.3, 0.4) is 0 Å². The van der Waals surface area contributed by atoms with E-state index in [2.05, 4.69) is 0 Å². The molecule has 0 saturated carbocycles. The van der Waals surface area contributed by atoms with E-state index >= 15 is 0 Å². The highest BCUT2D eigenvalue weighted by Gasteiger charge is 2.19. The molecule has 120 valence electrons. The van der Waals surface area contributed by atoms with Crippen molar-refractivity contribution in [2.75, 3.05) is 4.90 Å². The van der Waals surface area contributed by atoms with E-state index < -0.39 is 11.6 Å². The Morgan fingerprint density at radius 2 is 1.42 bits per heavy atom. The minimum atomic E-state index is -1.03. The number of carbonyl (C=O) groups excluding carboxylic acids is 1. The first-order valence-corrected chi connectivity index (χ1v) is 7.51. The molecule has 0 atom stereocenters. The Kier molecular flexibility index (Phi) is 4.66. The molecule has 1 amide bonds. The van der Waals surface area contributed by atoms with Gasteiger partial charge in [0.25, 0.3) is 5.91 Å². The summed E-state index contributed by atoms with van der Waals surface area (Å²) in [5.41, 5.74) is 1.74. The highest BCUT2D eigenvalue weighted by Crippen LogP contribution is 2.21. The zero-order valence-electron chi connectivity index (χ0n) is 12.8. The zero-order chi connectivity index (χ0) is 16.9. The van der Waals surface area contributed by atoms with Crippen LogP contribution in [-0.2, 0) is 6.54 Å². The van der Waals surface area contributed by atoms with Crippen molar-refractivity contribution < 1.29 is 13.6 Å². The summed E-state index contributed by atoms with van der Waals surface area (Å²) < 4.78 is 26.6. The summed E-state index contributed by atoms with van der Waals surface area (Å²) in [5.74, 6) is -2.39. The molecule has 0 N–H and O–H groups in total. The lowest BCUT2D eigenvalue weighted by atomic mass is 10.1. The largest absolute Gasteiger partial charge is 0.304 e. The Labute approximate surface area is 139 Å². The van der Waals surface area contributed by atoms with Crippen LogP contribution in [0.1, 0.15) is 15.9 Å². The van der Waals surface area contributed by atoms with Gasteiger partial charge in [-0.15, -0.1) is 0 Å². The second-order valence-electron chi connectivity index (χ2n) is 5.34. The monoisotopic (exact) mass is 323 g/mol. The molecule has 3 rings (SSSR count). The topological polar surface area (TPSA) is 20.3 Å². The maximum absolute atomic E-state index is 13.5. The van der Waals surface area contributed by atoms with Crippen molar-refractivity contribution in [2.45, 2.75) is 6.54 Å². The highest BCUT2D eigenvalue weighted by molar-refractivity contribution is 6.06. The van der Waals surface area contributed by atoms with Gasteiger partial charge in [0.05, 0.1) is 6.54 Å². The van der Waals surface area contributed by atoms with Gasteiger partial charge >= 0.3 is 0 Å². The maximum Gasteiger partial charge on any atom is 0.258 e. The van der Waals surface area contributed by atoms with Crippen molar-refractivity contribution in [2.24, 2.45) is 0 Å². The minimum absolute atomic E-state index is 0.105. The molecule has 4 heteroatoms. The van der Waals surface area contributed by atoms with Crippen LogP contribution in [0.4, 0.5) is 14.5 Å². The molecule has 0 aliphatic carbocycles. The van der Waals surface area contributed by atoms with Crippen molar-refractivity contribution in [1.82, 2.24) is 0 Å². The quantitative estimate of drug-likeness (QED) is 0.674. The molecule has 0 radical (unpaired) electrons. The molecule has 0 unspecified atom stereocenters. The molecule has 0 aromatic heterocycles. The van der Waals surface area contributed by atoms with E-state index in [4.69, 9.17) is 0 Å². The molecule has 3 aromatic carbocycles. The summed E-state index contributed by atoms with van der Waals surface area (Å²) in [5, 5.41) is 0. The number of anilines is 1. The Bertz CT molecular complexity index is 835. The van der Waals surface area contributed by atoms with Crippen molar-refractivity contribution in [3.63, 3.8) is 0 Å². The molecule has 0 heterocycles. The second-order valence-corrected chi connectivity index (χ2v) is 5.34. The fraction of sp³-hybridized carbons (Fsp3) is 0.0500. The first kappa shape index (κ1) is 15.9. The predicted octanol–water partition coefficient (Wildman–Crippen LogP) is 4.81. The van der Waals surface area contributed by atoms with Crippen LogP contribution in [0, 0.1) is 11.6 Å². The first-order valence-electron chi connectivity index (χ1n) is 7.51.